The molecule has 3 aromatic carbocycles. The Morgan fingerprint density at radius 1 is 0.865 bits per heavy atom. The van der Waals surface area contributed by atoms with Gasteiger partial charge in [0.05, 0.1) is 28.2 Å². The first-order valence-electron chi connectivity index (χ1n) is 11.5. The minimum atomic E-state index is -0.305. The van der Waals surface area contributed by atoms with Gasteiger partial charge in [0.2, 0.25) is 5.82 Å². The lowest BCUT2D eigenvalue weighted by Gasteiger charge is -2.06. The van der Waals surface area contributed by atoms with E-state index in [9.17, 15) is 4.79 Å². The normalized spacial score (nSPS) is 11.9. The van der Waals surface area contributed by atoms with Gasteiger partial charge in [-0.25, -0.2) is 9.97 Å². The van der Waals surface area contributed by atoms with Crippen molar-refractivity contribution in [3.8, 4) is 11.6 Å². The maximum Gasteiger partial charge on any atom is 0.282 e. The van der Waals surface area contributed by atoms with Crippen LogP contribution in [0.5, 0.6) is 0 Å². The largest absolute Gasteiger partial charge is 0.453 e. The highest BCUT2D eigenvalue weighted by molar-refractivity contribution is 7.99. The number of benzene rings is 3. The van der Waals surface area contributed by atoms with E-state index in [4.69, 9.17) is 13.8 Å². The van der Waals surface area contributed by atoms with Gasteiger partial charge in [0, 0.05) is 5.39 Å². The molecule has 37 heavy (non-hydrogen) atoms. The number of furan rings is 2. The van der Waals surface area contributed by atoms with Crippen LogP contribution < -0.4 is 5.56 Å². The maximum atomic E-state index is 13.4. The van der Waals surface area contributed by atoms with Crippen LogP contribution in [0.25, 0.3) is 44.5 Å². The lowest BCUT2D eigenvalue weighted by atomic mass is 10.2. The molecule has 0 radical (unpaired) electrons. The Kier molecular flexibility index (Phi) is 5.00. The molecule has 8 nitrogen and oxygen atoms in total. The van der Waals surface area contributed by atoms with Crippen molar-refractivity contribution in [2.45, 2.75) is 10.2 Å². The van der Waals surface area contributed by atoms with Crippen molar-refractivity contribution in [3.05, 3.63) is 107 Å². The summed E-state index contributed by atoms with van der Waals surface area (Å²) in [5.74, 6) is 1.23. The predicted molar refractivity (Wildman–Crippen MR) is 143 cm³/mol. The maximum absolute atomic E-state index is 13.4. The summed E-state index contributed by atoms with van der Waals surface area (Å²) in [6.45, 7) is 0. The smallest absolute Gasteiger partial charge is 0.282 e. The number of aromatic amines is 1. The molecule has 0 unspecified atom stereocenters. The number of hydrogen-bond acceptors (Lipinski definition) is 7. The van der Waals surface area contributed by atoms with Crippen LogP contribution in [0.1, 0.15) is 5.76 Å². The molecule has 0 fully saturated rings. The summed E-state index contributed by atoms with van der Waals surface area (Å²) in [7, 11) is 0. The summed E-state index contributed by atoms with van der Waals surface area (Å²) in [6.07, 6.45) is 1.49. The summed E-state index contributed by atoms with van der Waals surface area (Å²) < 4.78 is 13.2. The van der Waals surface area contributed by atoms with Crippen LogP contribution in [-0.2, 0) is 0 Å². The van der Waals surface area contributed by atoms with Crippen molar-refractivity contribution >= 4 is 50.9 Å². The molecule has 0 aliphatic heterocycles. The van der Waals surface area contributed by atoms with Crippen molar-refractivity contribution in [3.63, 3.8) is 0 Å². The second-order valence-corrected chi connectivity index (χ2v) is 9.27. The van der Waals surface area contributed by atoms with E-state index < -0.39 is 0 Å². The Bertz CT molecular complexity index is 1950. The summed E-state index contributed by atoms with van der Waals surface area (Å²) in [6, 6.07) is 28.1. The molecule has 7 aromatic rings. The number of H-pyrrole nitrogens is 1. The van der Waals surface area contributed by atoms with E-state index in [0.29, 0.717) is 38.9 Å². The number of nitrogens with zero attached hydrogens (tertiary/aromatic N) is 4. The van der Waals surface area contributed by atoms with Gasteiger partial charge in [-0.15, -0.1) is 0 Å². The van der Waals surface area contributed by atoms with Gasteiger partial charge in [0.25, 0.3) is 5.56 Å². The third-order valence-corrected chi connectivity index (χ3v) is 6.67. The first kappa shape index (κ1) is 21.4. The fourth-order valence-corrected chi connectivity index (χ4v) is 4.90. The molecule has 0 saturated carbocycles. The Morgan fingerprint density at radius 3 is 2.57 bits per heavy atom. The van der Waals surface area contributed by atoms with Crippen LogP contribution in [0.3, 0.4) is 0 Å². The van der Waals surface area contributed by atoms with Gasteiger partial charge < -0.3 is 13.8 Å². The average molecular weight is 504 g/mol. The number of fused-ring (bicyclic) bond motifs is 3. The minimum Gasteiger partial charge on any atom is -0.453 e. The van der Waals surface area contributed by atoms with E-state index in [2.05, 4.69) is 15.1 Å². The summed E-state index contributed by atoms with van der Waals surface area (Å²) in [5.41, 5.74) is 2.81. The van der Waals surface area contributed by atoms with Crippen molar-refractivity contribution in [2.24, 2.45) is 5.10 Å². The van der Waals surface area contributed by atoms with Crippen LogP contribution in [-0.4, -0.2) is 25.8 Å². The van der Waals surface area contributed by atoms with E-state index >= 15 is 0 Å². The van der Waals surface area contributed by atoms with E-state index in [-0.39, 0.29) is 5.56 Å². The van der Waals surface area contributed by atoms with Gasteiger partial charge in [-0.2, -0.15) is 9.78 Å². The Labute approximate surface area is 213 Å². The summed E-state index contributed by atoms with van der Waals surface area (Å²) in [5, 5.41) is 7.19. The number of aromatic nitrogens is 4. The van der Waals surface area contributed by atoms with Gasteiger partial charge in [-0.05, 0) is 60.3 Å². The molecule has 0 atom stereocenters. The average Bonchev–Trinajstić information content (AvgIpc) is 3.66. The first-order chi connectivity index (χ1) is 18.2. The van der Waals surface area contributed by atoms with Gasteiger partial charge in [-0.1, -0.05) is 42.5 Å². The quantitative estimate of drug-likeness (QED) is 0.276. The molecule has 0 spiro atoms. The number of imidazole rings is 1. The molecule has 0 amide bonds. The molecule has 1 N–H and O–H groups in total. The monoisotopic (exact) mass is 503 g/mol. The first-order valence-corrected chi connectivity index (χ1v) is 12.3. The third-order valence-electron chi connectivity index (χ3n) is 5.87. The predicted octanol–water partition coefficient (Wildman–Crippen LogP) is 6.31. The highest BCUT2D eigenvalue weighted by atomic mass is 32.2. The number of rotatable bonds is 5. The fourth-order valence-electron chi connectivity index (χ4n) is 4.13. The Balaban J connectivity index is 1.26. The molecule has 7 rings (SSSR count). The van der Waals surface area contributed by atoms with E-state index in [0.717, 1.165) is 21.6 Å². The molecule has 0 saturated heterocycles. The van der Waals surface area contributed by atoms with Gasteiger partial charge in [0.15, 0.2) is 16.0 Å². The topological polar surface area (TPSA) is 102 Å². The van der Waals surface area contributed by atoms with E-state index in [1.54, 1.807) is 24.3 Å². The van der Waals surface area contributed by atoms with Crippen LogP contribution in [0.2, 0.25) is 0 Å². The summed E-state index contributed by atoms with van der Waals surface area (Å²) in [4.78, 5) is 25.9. The zero-order valence-electron chi connectivity index (χ0n) is 19.2. The van der Waals surface area contributed by atoms with Crippen LogP contribution >= 0.6 is 11.8 Å². The SMILES string of the molecule is O=c1c2ccccc2nc(-c2cc3ccccc3o2)n1N=Cc1ccc(Sc2nc3ccccc3[nH]2)o1. The van der Waals surface area contributed by atoms with Crippen molar-refractivity contribution in [1.82, 2.24) is 19.6 Å². The molecule has 0 aliphatic rings. The van der Waals surface area contributed by atoms with Crippen LogP contribution in [0.15, 0.2) is 120 Å². The molecule has 4 heterocycles. The lowest BCUT2D eigenvalue weighted by molar-refractivity contribution is 0.468. The second kappa shape index (κ2) is 8.65. The van der Waals surface area contributed by atoms with Crippen molar-refractivity contribution < 1.29 is 8.83 Å². The van der Waals surface area contributed by atoms with Crippen molar-refractivity contribution in [1.29, 1.82) is 0 Å². The Hall–Kier alpha value is -4.89. The van der Waals surface area contributed by atoms with Crippen molar-refractivity contribution in [2.75, 3.05) is 0 Å². The number of hydrogen-bond donors (Lipinski definition) is 1. The molecule has 4 aromatic heterocycles. The van der Waals surface area contributed by atoms with Gasteiger partial charge in [0.1, 0.15) is 11.3 Å². The molecular weight excluding hydrogens is 486 g/mol. The standard InChI is InChI=1S/C28H17N5O3S/c34-27-19-8-2-3-9-20(19)30-26(24-15-17-7-1-6-12-23(17)36-24)33(27)29-16-18-13-14-25(35-18)37-28-31-21-10-4-5-11-22(21)32-28/h1-16H,(H,31,32). The van der Waals surface area contributed by atoms with Crippen LogP contribution in [0, 0.1) is 0 Å². The molecule has 178 valence electrons. The van der Waals surface area contributed by atoms with E-state index in [1.807, 2.05) is 66.7 Å². The number of nitrogens with one attached hydrogen (secondary N) is 1. The van der Waals surface area contributed by atoms with Crippen LogP contribution in [0.4, 0.5) is 0 Å². The minimum absolute atomic E-state index is 0.305. The second-order valence-electron chi connectivity index (χ2n) is 8.28. The zero-order valence-corrected chi connectivity index (χ0v) is 20.0. The molecule has 0 aliphatic carbocycles. The van der Waals surface area contributed by atoms with Gasteiger partial charge >= 0.3 is 0 Å². The number of para-hydroxylation sites is 4. The molecular formula is C28H17N5O3S. The highest BCUT2D eigenvalue weighted by Crippen LogP contribution is 2.29. The lowest BCUT2D eigenvalue weighted by Crippen LogP contribution is -2.20. The highest BCUT2D eigenvalue weighted by Gasteiger charge is 2.16. The van der Waals surface area contributed by atoms with E-state index in [1.165, 1.54) is 22.7 Å². The summed E-state index contributed by atoms with van der Waals surface area (Å²) >= 11 is 1.37. The Morgan fingerprint density at radius 2 is 1.68 bits per heavy atom. The van der Waals surface area contributed by atoms with Gasteiger partial charge in [-0.3, -0.25) is 4.79 Å². The zero-order chi connectivity index (χ0) is 24.8. The molecule has 9 heteroatoms. The third kappa shape index (κ3) is 3.91. The fraction of sp³-hybridized carbons (Fsp3) is 0. The molecule has 0 bridgehead atoms.